The van der Waals surface area contributed by atoms with E-state index in [1.54, 1.807) is 0 Å². The Kier molecular flexibility index (Phi) is 3.60. The van der Waals surface area contributed by atoms with E-state index in [1.165, 1.54) is 11.8 Å². The van der Waals surface area contributed by atoms with Crippen molar-refractivity contribution in [2.45, 2.75) is 24.7 Å². The number of halogens is 1. The molecule has 1 aromatic rings. The molecular weight excluding hydrogens is 271 g/mol. The number of likely N-dealkylation sites (tertiary alicyclic amines) is 1. The molecule has 0 saturated carbocycles. The Morgan fingerprint density at radius 1 is 1.32 bits per heavy atom. The van der Waals surface area contributed by atoms with Crippen LogP contribution in [0.15, 0.2) is 17.0 Å². The monoisotopic (exact) mass is 286 g/mol. The molecule has 104 valence electrons. The summed E-state index contributed by atoms with van der Waals surface area (Å²) in [7, 11) is -3.96. The van der Waals surface area contributed by atoms with E-state index in [1.807, 2.05) is 0 Å². The second-order valence-corrected chi connectivity index (χ2v) is 6.21. The third kappa shape index (κ3) is 2.76. The van der Waals surface area contributed by atoms with E-state index >= 15 is 0 Å². The molecule has 0 bridgehead atoms. The predicted octanol–water partition coefficient (Wildman–Crippen LogP) is 1.02. The lowest BCUT2D eigenvalue weighted by Crippen LogP contribution is -2.29. The third-order valence-electron chi connectivity index (χ3n) is 3.18. The summed E-state index contributed by atoms with van der Waals surface area (Å²) in [6.45, 7) is 2.54. The molecular formula is C12H15FN2O3S. The molecule has 7 heteroatoms. The van der Waals surface area contributed by atoms with Crippen molar-refractivity contribution in [1.29, 1.82) is 0 Å². The van der Waals surface area contributed by atoms with E-state index in [0.29, 0.717) is 13.1 Å². The molecule has 19 heavy (non-hydrogen) atoms. The van der Waals surface area contributed by atoms with Gasteiger partial charge >= 0.3 is 0 Å². The maximum Gasteiger partial charge on any atom is 0.256 e. The lowest BCUT2D eigenvalue weighted by Gasteiger charge is -2.16. The predicted molar refractivity (Wildman–Crippen MR) is 67.6 cm³/mol. The first-order valence-electron chi connectivity index (χ1n) is 5.93. The second-order valence-electron chi connectivity index (χ2n) is 4.65. The van der Waals surface area contributed by atoms with Crippen molar-refractivity contribution in [2.24, 2.45) is 5.14 Å². The van der Waals surface area contributed by atoms with Crippen LogP contribution in [-0.4, -0.2) is 32.3 Å². The first-order chi connectivity index (χ1) is 8.80. The summed E-state index contributed by atoms with van der Waals surface area (Å²) in [5.74, 6) is -1.17. The van der Waals surface area contributed by atoms with Gasteiger partial charge in [-0.25, -0.2) is 17.9 Å². The van der Waals surface area contributed by atoms with Gasteiger partial charge in [0.1, 0.15) is 5.82 Å². The fraction of sp³-hybridized carbons (Fsp3) is 0.417. The lowest BCUT2D eigenvalue weighted by molar-refractivity contribution is 0.0787. The molecule has 0 unspecified atom stereocenters. The van der Waals surface area contributed by atoms with Gasteiger partial charge in [0.2, 0.25) is 10.0 Å². The number of rotatable bonds is 2. The Labute approximate surface area is 111 Å². The molecule has 0 aromatic heterocycles. The number of carbonyl (C=O) groups is 1. The molecule has 0 spiro atoms. The Balaban J connectivity index is 2.50. The highest BCUT2D eigenvalue weighted by molar-refractivity contribution is 7.89. The van der Waals surface area contributed by atoms with Crippen molar-refractivity contribution in [2.75, 3.05) is 13.1 Å². The molecule has 2 N–H and O–H groups in total. The molecule has 1 aromatic carbocycles. The van der Waals surface area contributed by atoms with Gasteiger partial charge in [-0.1, -0.05) is 0 Å². The van der Waals surface area contributed by atoms with Crippen LogP contribution in [0, 0.1) is 12.7 Å². The van der Waals surface area contributed by atoms with E-state index in [9.17, 15) is 17.6 Å². The van der Waals surface area contributed by atoms with E-state index in [4.69, 9.17) is 5.14 Å². The summed E-state index contributed by atoms with van der Waals surface area (Å²) in [6.07, 6.45) is 1.75. The van der Waals surface area contributed by atoms with Gasteiger partial charge in [-0.3, -0.25) is 4.79 Å². The van der Waals surface area contributed by atoms with Crippen molar-refractivity contribution < 1.29 is 17.6 Å². The van der Waals surface area contributed by atoms with E-state index in [0.717, 1.165) is 25.0 Å². The smallest absolute Gasteiger partial charge is 0.256 e. The topological polar surface area (TPSA) is 80.5 Å². The van der Waals surface area contributed by atoms with Crippen molar-refractivity contribution >= 4 is 15.9 Å². The summed E-state index contributed by atoms with van der Waals surface area (Å²) in [4.78, 5) is 13.4. The molecule has 1 saturated heterocycles. The third-order valence-corrected chi connectivity index (χ3v) is 4.07. The van der Waals surface area contributed by atoms with E-state index < -0.39 is 21.7 Å². The van der Waals surface area contributed by atoms with Crippen molar-refractivity contribution in [1.82, 2.24) is 4.90 Å². The zero-order valence-electron chi connectivity index (χ0n) is 10.5. The molecule has 1 amide bonds. The van der Waals surface area contributed by atoms with Crippen molar-refractivity contribution in [3.8, 4) is 0 Å². The molecule has 5 nitrogen and oxygen atoms in total. The van der Waals surface area contributed by atoms with Crippen LogP contribution in [0.3, 0.4) is 0 Å². The second kappa shape index (κ2) is 4.90. The van der Waals surface area contributed by atoms with Gasteiger partial charge in [0.05, 0.1) is 10.5 Å². The summed E-state index contributed by atoms with van der Waals surface area (Å²) in [6, 6.07) is 2.14. The largest absolute Gasteiger partial charge is 0.339 e. The fourth-order valence-corrected chi connectivity index (χ4v) is 2.77. The van der Waals surface area contributed by atoms with Gasteiger partial charge in [-0.2, -0.15) is 0 Å². The van der Waals surface area contributed by atoms with Crippen LogP contribution in [-0.2, 0) is 10.0 Å². The van der Waals surface area contributed by atoms with Crippen LogP contribution in [0.2, 0.25) is 0 Å². The van der Waals surface area contributed by atoms with Gasteiger partial charge < -0.3 is 4.90 Å². The summed E-state index contributed by atoms with van der Waals surface area (Å²) >= 11 is 0. The zero-order valence-corrected chi connectivity index (χ0v) is 11.3. The summed E-state index contributed by atoms with van der Waals surface area (Å²) in [5, 5.41) is 5.02. The molecule has 0 atom stereocenters. The standard InChI is InChI=1S/C12H15FN2O3S/c1-8-6-9(19(14,17)18)7-10(11(8)13)12(16)15-4-2-3-5-15/h6-7H,2-5H2,1H3,(H2,14,17,18). The number of carbonyl (C=O) groups excluding carboxylic acids is 1. The maximum absolute atomic E-state index is 14.0. The Morgan fingerprint density at radius 2 is 1.89 bits per heavy atom. The number of nitrogens with two attached hydrogens (primary N) is 1. The van der Waals surface area contributed by atoms with Crippen molar-refractivity contribution in [3.05, 3.63) is 29.1 Å². The molecule has 0 aliphatic carbocycles. The minimum Gasteiger partial charge on any atom is -0.339 e. The Morgan fingerprint density at radius 3 is 2.42 bits per heavy atom. The number of sulfonamides is 1. The minimum absolute atomic E-state index is 0.0917. The number of primary sulfonamides is 1. The lowest BCUT2D eigenvalue weighted by atomic mass is 10.1. The number of benzene rings is 1. The van der Waals surface area contributed by atoms with Crippen LogP contribution in [0.4, 0.5) is 4.39 Å². The Hall–Kier alpha value is -1.47. The number of hydrogen-bond donors (Lipinski definition) is 1. The normalized spacial score (nSPS) is 15.8. The fourth-order valence-electron chi connectivity index (χ4n) is 2.15. The van der Waals surface area contributed by atoms with Gasteiger partial charge in [0.15, 0.2) is 0 Å². The van der Waals surface area contributed by atoms with Crippen LogP contribution in [0.5, 0.6) is 0 Å². The summed E-state index contributed by atoms with van der Waals surface area (Å²) < 4.78 is 36.6. The van der Waals surface area contributed by atoms with Crippen LogP contribution in [0.25, 0.3) is 0 Å². The van der Waals surface area contributed by atoms with E-state index in [-0.39, 0.29) is 16.0 Å². The SMILES string of the molecule is Cc1cc(S(N)(=O)=O)cc(C(=O)N2CCCC2)c1F. The highest BCUT2D eigenvalue weighted by Gasteiger charge is 2.25. The van der Waals surface area contributed by atoms with Gasteiger partial charge in [0.25, 0.3) is 5.91 Å². The number of nitrogens with zero attached hydrogens (tertiary/aromatic N) is 1. The molecule has 0 radical (unpaired) electrons. The van der Waals surface area contributed by atoms with Crippen LogP contribution in [0.1, 0.15) is 28.8 Å². The Bertz CT molecular complexity index is 622. The molecule has 1 heterocycles. The highest BCUT2D eigenvalue weighted by atomic mass is 32.2. The number of hydrogen-bond acceptors (Lipinski definition) is 3. The molecule has 2 rings (SSSR count). The van der Waals surface area contributed by atoms with Gasteiger partial charge in [-0.15, -0.1) is 0 Å². The van der Waals surface area contributed by atoms with Gasteiger partial charge in [0, 0.05) is 13.1 Å². The zero-order chi connectivity index (χ0) is 14.2. The molecule has 1 aliphatic heterocycles. The van der Waals surface area contributed by atoms with Crippen LogP contribution < -0.4 is 5.14 Å². The average molecular weight is 286 g/mol. The average Bonchev–Trinajstić information content (AvgIpc) is 2.83. The van der Waals surface area contributed by atoms with E-state index in [2.05, 4.69) is 0 Å². The first kappa shape index (κ1) is 14.0. The molecule has 1 fully saturated rings. The van der Waals surface area contributed by atoms with Crippen LogP contribution >= 0.6 is 0 Å². The number of amides is 1. The summed E-state index contributed by atoms with van der Waals surface area (Å²) in [5.41, 5.74) is -0.139. The highest BCUT2D eigenvalue weighted by Crippen LogP contribution is 2.21. The molecule has 1 aliphatic rings. The quantitative estimate of drug-likeness (QED) is 0.881. The minimum atomic E-state index is -3.96. The maximum atomic E-state index is 14.0. The van der Waals surface area contributed by atoms with Crippen molar-refractivity contribution in [3.63, 3.8) is 0 Å². The number of aryl methyl sites for hydroxylation is 1. The van der Waals surface area contributed by atoms with Gasteiger partial charge in [-0.05, 0) is 37.5 Å². The first-order valence-corrected chi connectivity index (χ1v) is 7.47.